The number of rotatable bonds is 8. The summed E-state index contributed by atoms with van der Waals surface area (Å²) >= 11 is 6.31. The zero-order chi connectivity index (χ0) is 15.8. The van der Waals surface area contributed by atoms with Crippen LogP contribution in [-0.2, 0) is 13.1 Å². The molecule has 1 N–H and O–H groups in total. The van der Waals surface area contributed by atoms with Crippen molar-refractivity contribution < 1.29 is 9.47 Å². The van der Waals surface area contributed by atoms with Gasteiger partial charge in [0.15, 0.2) is 11.5 Å². The van der Waals surface area contributed by atoms with Gasteiger partial charge in [-0.15, -0.1) is 0 Å². The molecule has 0 unspecified atom stereocenters. The van der Waals surface area contributed by atoms with E-state index in [2.05, 4.69) is 24.4 Å². The minimum atomic E-state index is 0.587. The number of halogens is 1. The molecule has 0 saturated heterocycles. The molecule has 0 aliphatic carbocycles. The predicted molar refractivity (Wildman–Crippen MR) is 90.8 cm³/mol. The highest BCUT2D eigenvalue weighted by Crippen LogP contribution is 2.36. The van der Waals surface area contributed by atoms with Crippen molar-refractivity contribution in [2.75, 3.05) is 13.7 Å². The Morgan fingerprint density at radius 2 is 1.77 bits per heavy atom. The van der Waals surface area contributed by atoms with Gasteiger partial charge in [0.05, 0.1) is 18.7 Å². The largest absolute Gasteiger partial charge is 0.493 e. The van der Waals surface area contributed by atoms with Gasteiger partial charge >= 0.3 is 0 Å². The van der Waals surface area contributed by atoms with Gasteiger partial charge in [-0.25, -0.2) is 0 Å². The highest BCUT2D eigenvalue weighted by molar-refractivity contribution is 6.32. The molecule has 118 valence electrons. The Bertz CT molecular complexity index is 587. The third kappa shape index (κ3) is 4.65. The Labute approximate surface area is 137 Å². The number of methoxy groups -OCH3 is 1. The van der Waals surface area contributed by atoms with Crippen molar-refractivity contribution in [3.05, 3.63) is 58.6 Å². The van der Waals surface area contributed by atoms with E-state index in [1.807, 2.05) is 30.3 Å². The zero-order valence-electron chi connectivity index (χ0n) is 13.1. The molecule has 4 heteroatoms. The first-order chi connectivity index (χ1) is 10.7. The summed E-state index contributed by atoms with van der Waals surface area (Å²) in [6, 6.07) is 14.2. The van der Waals surface area contributed by atoms with Gasteiger partial charge in [0.1, 0.15) is 0 Å². The molecule has 0 spiro atoms. The molecule has 0 bridgehead atoms. The smallest absolute Gasteiger partial charge is 0.179 e. The molecular weight excluding hydrogens is 298 g/mol. The summed E-state index contributed by atoms with van der Waals surface area (Å²) in [7, 11) is 1.63. The Morgan fingerprint density at radius 1 is 1.05 bits per heavy atom. The lowest BCUT2D eigenvalue weighted by Gasteiger charge is -2.14. The van der Waals surface area contributed by atoms with Gasteiger partial charge in [-0.2, -0.15) is 0 Å². The van der Waals surface area contributed by atoms with Crippen LogP contribution in [0.2, 0.25) is 5.02 Å². The van der Waals surface area contributed by atoms with Crippen LogP contribution in [-0.4, -0.2) is 13.7 Å². The quantitative estimate of drug-likeness (QED) is 0.781. The van der Waals surface area contributed by atoms with E-state index in [1.165, 1.54) is 5.56 Å². The Balaban J connectivity index is 2.00. The maximum absolute atomic E-state index is 6.31. The average molecular weight is 320 g/mol. The fraction of sp³-hybridized carbons (Fsp3) is 0.333. The lowest BCUT2D eigenvalue weighted by atomic mass is 10.2. The summed E-state index contributed by atoms with van der Waals surface area (Å²) < 4.78 is 11.1. The molecule has 2 rings (SSSR count). The summed E-state index contributed by atoms with van der Waals surface area (Å²) in [6.45, 7) is 4.22. The molecule has 22 heavy (non-hydrogen) atoms. The van der Waals surface area contributed by atoms with Crippen LogP contribution in [0.15, 0.2) is 42.5 Å². The van der Waals surface area contributed by atoms with Gasteiger partial charge in [-0.05, 0) is 29.7 Å². The number of benzene rings is 2. The Kier molecular flexibility index (Phi) is 6.56. The molecule has 2 aromatic carbocycles. The molecule has 0 aromatic heterocycles. The summed E-state index contributed by atoms with van der Waals surface area (Å²) in [5.74, 6) is 1.30. The van der Waals surface area contributed by atoms with Gasteiger partial charge in [-0.3, -0.25) is 0 Å². The SMILES string of the molecule is CCCOc1c(Cl)cc(CNCc2ccccc2)cc1OC. The normalized spacial score (nSPS) is 10.5. The van der Waals surface area contributed by atoms with Gasteiger partial charge in [0.2, 0.25) is 0 Å². The molecule has 0 amide bonds. The minimum absolute atomic E-state index is 0.587. The van der Waals surface area contributed by atoms with Crippen LogP contribution in [0.1, 0.15) is 24.5 Å². The Hall–Kier alpha value is -1.71. The lowest BCUT2D eigenvalue weighted by Crippen LogP contribution is -2.12. The zero-order valence-corrected chi connectivity index (χ0v) is 13.8. The third-order valence-corrected chi connectivity index (χ3v) is 3.52. The fourth-order valence-electron chi connectivity index (χ4n) is 2.17. The Morgan fingerprint density at radius 3 is 2.45 bits per heavy atom. The van der Waals surface area contributed by atoms with Crippen LogP contribution in [0.5, 0.6) is 11.5 Å². The number of nitrogens with one attached hydrogen (secondary N) is 1. The van der Waals surface area contributed by atoms with E-state index in [1.54, 1.807) is 7.11 Å². The second-order valence-electron chi connectivity index (χ2n) is 5.05. The highest BCUT2D eigenvalue weighted by Gasteiger charge is 2.11. The van der Waals surface area contributed by atoms with E-state index in [0.717, 1.165) is 25.1 Å². The molecule has 0 atom stereocenters. The van der Waals surface area contributed by atoms with Crippen molar-refractivity contribution in [1.82, 2.24) is 5.32 Å². The molecule has 0 saturated carbocycles. The molecule has 0 radical (unpaired) electrons. The van der Waals surface area contributed by atoms with E-state index in [9.17, 15) is 0 Å². The molecular formula is C18H22ClNO2. The van der Waals surface area contributed by atoms with E-state index >= 15 is 0 Å². The maximum Gasteiger partial charge on any atom is 0.179 e. The van der Waals surface area contributed by atoms with E-state index < -0.39 is 0 Å². The fourth-order valence-corrected chi connectivity index (χ4v) is 2.45. The third-order valence-electron chi connectivity index (χ3n) is 3.24. The van der Waals surface area contributed by atoms with Crippen molar-refractivity contribution in [2.24, 2.45) is 0 Å². The van der Waals surface area contributed by atoms with E-state index in [0.29, 0.717) is 23.1 Å². The van der Waals surface area contributed by atoms with Gasteiger partial charge in [0.25, 0.3) is 0 Å². The second-order valence-corrected chi connectivity index (χ2v) is 5.45. The molecule has 3 nitrogen and oxygen atoms in total. The van der Waals surface area contributed by atoms with Crippen LogP contribution in [0.4, 0.5) is 0 Å². The lowest BCUT2D eigenvalue weighted by molar-refractivity contribution is 0.294. The first-order valence-corrected chi connectivity index (χ1v) is 7.86. The van der Waals surface area contributed by atoms with E-state index in [4.69, 9.17) is 21.1 Å². The van der Waals surface area contributed by atoms with Gasteiger partial charge < -0.3 is 14.8 Å². The van der Waals surface area contributed by atoms with E-state index in [-0.39, 0.29) is 0 Å². The summed E-state index contributed by atoms with van der Waals surface area (Å²) in [5.41, 5.74) is 2.32. The molecule has 0 fully saturated rings. The topological polar surface area (TPSA) is 30.5 Å². The molecule has 0 heterocycles. The van der Waals surface area contributed by atoms with Crippen molar-refractivity contribution in [3.63, 3.8) is 0 Å². The van der Waals surface area contributed by atoms with Crippen LogP contribution in [0, 0.1) is 0 Å². The van der Waals surface area contributed by atoms with Crippen molar-refractivity contribution in [3.8, 4) is 11.5 Å². The highest BCUT2D eigenvalue weighted by atomic mass is 35.5. The molecule has 0 aliphatic heterocycles. The number of hydrogen-bond acceptors (Lipinski definition) is 3. The molecule has 2 aromatic rings. The number of ether oxygens (including phenoxy) is 2. The van der Waals surface area contributed by atoms with Crippen LogP contribution < -0.4 is 14.8 Å². The summed E-state index contributed by atoms with van der Waals surface area (Å²) in [6.07, 6.45) is 0.930. The van der Waals surface area contributed by atoms with Gasteiger partial charge in [-0.1, -0.05) is 48.9 Å². The van der Waals surface area contributed by atoms with Crippen LogP contribution >= 0.6 is 11.6 Å². The van der Waals surface area contributed by atoms with Crippen LogP contribution in [0.3, 0.4) is 0 Å². The monoisotopic (exact) mass is 319 g/mol. The maximum atomic E-state index is 6.31. The predicted octanol–water partition coefficient (Wildman–Crippen LogP) is 4.43. The summed E-state index contributed by atoms with van der Waals surface area (Å²) in [5, 5.41) is 3.99. The first-order valence-electron chi connectivity index (χ1n) is 7.48. The summed E-state index contributed by atoms with van der Waals surface area (Å²) in [4.78, 5) is 0. The van der Waals surface area contributed by atoms with Crippen LogP contribution in [0.25, 0.3) is 0 Å². The average Bonchev–Trinajstić information content (AvgIpc) is 2.54. The first kappa shape index (κ1) is 16.7. The second kappa shape index (κ2) is 8.66. The molecule has 0 aliphatic rings. The van der Waals surface area contributed by atoms with Crippen molar-refractivity contribution >= 4 is 11.6 Å². The van der Waals surface area contributed by atoms with Gasteiger partial charge in [0, 0.05) is 13.1 Å². The standard InChI is InChI=1S/C18H22ClNO2/c1-3-9-22-18-16(19)10-15(11-17(18)21-2)13-20-12-14-7-5-4-6-8-14/h4-8,10-11,20H,3,9,12-13H2,1-2H3. The van der Waals surface area contributed by atoms with Crippen molar-refractivity contribution in [2.45, 2.75) is 26.4 Å². The van der Waals surface area contributed by atoms with Crippen molar-refractivity contribution in [1.29, 1.82) is 0 Å². The minimum Gasteiger partial charge on any atom is -0.493 e. The number of hydrogen-bond donors (Lipinski definition) is 1.